The first-order chi connectivity index (χ1) is 12.8. The molecule has 27 heavy (non-hydrogen) atoms. The van der Waals surface area contributed by atoms with Gasteiger partial charge in [0.2, 0.25) is 5.78 Å². The summed E-state index contributed by atoms with van der Waals surface area (Å²) in [4.78, 5) is 35.4. The lowest BCUT2D eigenvalue weighted by Gasteiger charge is -2.52. The van der Waals surface area contributed by atoms with Crippen LogP contribution in [0.1, 0.15) is 51.9 Å². The van der Waals surface area contributed by atoms with Crippen LogP contribution < -0.4 is 0 Å². The highest BCUT2D eigenvalue weighted by Gasteiger charge is 2.60. The highest BCUT2D eigenvalue weighted by atomic mass is 16.5. The molecule has 0 spiro atoms. The molecular formula is C21H28O6. The number of allylic oxidation sites excluding steroid dienone is 1. The minimum atomic E-state index is -1.51. The van der Waals surface area contributed by atoms with E-state index in [1.54, 1.807) is 6.08 Å². The van der Waals surface area contributed by atoms with Crippen LogP contribution in [0.5, 0.6) is 0 Å². The molecule has 3 fully saturated rings. The van der Waals surface area contributed by atoms with Gasteiger partial charge in [-0.15, -0.1) is 0 Å². The van der Waals surface area contributed by atoms with Crippen molar-refractivity contribution in [3.8, 4) is 0 Å². The number of hydrogen-bond acceptors (Lipinski definition) is 6. The second-order valence-electron chi connectivity index (χ2n) is 8.85. The predicted molar refractivity (Wildman–Crippen MR) is 95.5 cm³/mol. The molecule has 148 valence electrons. The molecule has 7 atom stereocenters. The number of rotatable bonds is 3. The third-order valence-corrected chi connectivity index (χ3v) is 7.62. The summed E-state index contributed by atoms with van der Waals surface area (Å²) in [5.74, 6) is -0.248. The van der Waals surface area contributed by atoms with Crippen molar-refractivity contribution in [3.05, 3.63) is 11.6 Å². The van der Waals surface area contributed by atoms with E-state index in [1.807, 2.05) is 0 Å². The number of carbonyl (C=O) groups is 3. The van der Waals surface area contributed by atoms with Crippen LogP contribution in [0.15, 0.2) is 11.6 Å². The lowest BCUT2D eigenvalue weighted by atomic mass is 9.54. The van der Waals surface area contributed by atoms with Gasteiger partial charge in [-0.1, -0.05) is 5.57 Å². The molecule has 0 saturated heterocycles. The van der Waals surface area contributed by atoms with E-state index in [0.29, 0.717) is 19.3 Å². The fraction of sp³-hybridized carbons (Fsp3) is 0.762. The highest BCUT2D eigenvalue weighted by molar-refractivity contribution is 5.91. The Morgan fingerprint density at radius 3 is 2.74 bits per heavy atom. The average molecular weight is 376 g/mol. The van der Waals surface area contributed by atoms with Gasteiger partial charge in [0.15, 0.2) is 12.4 Å². The zero-order valence-corrected chi connectivity index (χ0v) is 15.7. The van der Waals surface area contributed by atoms with Gasteiger partial charge in [-0.3, -0.25) is 14.4 Å². The van der Waals surface area contributed by atoms with Crippen molar-refractivity contribution in [1.82, 2.24) is 0 Å². The maximum absolute atomic E-state index is 12.6. The Morgan fingerprint density at radius 2 is 2.00 bits per heavy atom. The Bertz CT molecular complexity index is 697. The van der Waals surface area contributed by atoms with E-state index in [-0.39, 0.29) is 35.4 Å². The van der Waals surface area contributed by atoms with Crippen molar-refractivity contribution in [2.24, 2.45) is 29.6 Å². The number of ketones is 2. The van der Waals surface area contributed by atoms with E-state index in [9.17, 15) is 24.6 Å². The Morgan fingerprint density at radius 1 is 1.22 bits per heavy atom. The summed E-state index contributed by atoms with van der Waals surface area (Å²) in [7, 11) is 0. The van der Waals surface area contributed by atoms with Gasteiger partial charge in [0.25, 0.3) is 0 Å². The quantitative estimate of drug-likeness (QED) is 0.725. The molecule has 0 aromatic carbocycles. The van der Waals surface area contributed by atoms with E-state index >= 15 is 0 Å². The molecule has 0 bridgehead atoms. The summed E-state index contributed by atoms with van der Waals surface area (Å²) in [6, 6.07) is 0. The van der Waals surface area contributed by atoms with Crippen LogP contribution in [-0.4, -0.2) is 46.1 Å². The minimum Gasteiger partial charge on any atom is -0.458 e. The summed E-state index contributed by atoms with van der Waals surface area (Å²) >= 11 is 0. The summed E-state index contributed by atoms with van der Waals surface area (Å²) in [5.41, 5.74) is -0.325. The van der Waals surface area contributed by atoms with E-state index in [0.717, 1.165) is 25.7 Å². The molecule has 0 amide bonds. The number of ether oxygens (including phenoxy) is 1. The van der Waals surface area contributed by atoms with Crippen LogP contribution >= 0.6 is 0 Å². The topological polar surface area (TPSA) is 101 Å². The maximum Gasteiger partial charge on any atom is 0.303 e. The summed E-state index contributed by atoms with van der Waals surface area (Å²) in [6.45, 7) is 0.836. The number of aliphatic hydroxyl groups is 2. The fourth-order valence-electron chi connectivity index (χ4n) is 6.51. The Labute approximate surface area is 159 Å². The number of carbonyl (C=O) groups excluding carboxylic acids is 3. The first kappa shape index (κ1) is 18.8. The van der Waals surface area contributed by atoms with E-state index < -0.39 is 30.1 Å². The van der Waals surface area contributed by atoms with Gasteiger partial charge in [-0.25, -0.2) is 0 Å². The molecule has 7 unspecified atom stereocenters. The normalized spacial score (nSPS) is 43.2. The predicted octanol–water partition coefficient (Wildman–Crippen LogP) is 1.57. The van der Waals surface area contributed by atoms with Crippen LogP contribution in [0, 0.1) is 29.6 Å². The van der Waals surface area contributed by atoms with Gasteiger partial charge in [-0.2, -0.15) is 0 Å². The maximum atomic E-state index is 12.6. The van der Waals surface area contributed by atoms with Gasteiger partial charge in [0, 0.05) is 19.3 Å². The van der Waals surface area contributed by atoms with Crippen molar-refractivity contribution >= 4 is 17.5 Å². The zero-order chi connectivity index (χ0) is 19.3. The van der Waals surface area contributed by atoms with Crippen molar-refractivity contribution in [2.45, 2.75) is 63.6 Å². The van der Waals surface area contributed by atoms with Crippen LogP contribution in [-0.2, 0) is 19.1 Å². The van der Waals surface area contributed by atoms with E-state index in [1.165, 1.54) is 12.5 Å². The van der Waals surface area contributed by atoms with Gasteiger partial charge in [0.05, 0.1) is 6.10 Å². The van der Waals surface area contributed by atoms with Crippen LogP contribution in [0.3, 0.4) is 0 Å². The molecule has 4 rings (SSSR count). The lowest BCUT2D eigenvalue weighted by molar-refractivity contribution is -0.160. The van der Waals surface area contributed by atoms with E-state index in [4.69, 9.17) is 4.74 Å². The van der Waals surface area contributed by atoms with Crippen LogP contribution in [0.2, 0.25) is 0 Å². The SMILES string of the molecule is CC(=O)OCC(=O)C1(O)CCC2C3CCC4=CC(=O)CCC4C3C(O)CC21. The molecular weight excluding hydrogens is 348 g/mol. The summed E-state index contributed by atoms with van der Waals surface area (Å²) in [6.07, 6.45) is 5.83. The standard InChI is InChI=1S/C21H28O6/c1-11(22)27-10-19(25)21(26)7-6-15-16-4-2-12-8-13(23)3-5-14(12)20(16)18(24)9-17(15)21/h8,14-18,20,24,26H,2-7,9-10H2,1H3. The number of aliphatic hydroxyl groups excluding tert-OH is 1. The zero-order valence-electron chi connectivity index (χ0n) is 15.7. The Kier molecular flexibility index (Phi) is 4.75. The number of fused-ring (bicyclic) bond motifs is 5. The molecule has 0 aromatic rings. The average Bonchev–Trinajstić information content (AvgIpc) is 2.97. The molecule has 0 radical (unpaired) electrons. The van der Waals surface area contributed by atoms with Gasteiger partial charge in [0.1, 0.15) is 5.60 Å². The molecule has 4 aliphatic carbocycles. The molecule has 3 saturated carbocycles. The molecule has 6 nitrogen and oxygen atoms in total. The summed E-state index contributed by atoms with van der Waals surface area (Å²) in [5, 5.41) is 22.1. The van der Waals surface area contributed by atoms with Crippen molar-refractivity contribution in [2.75, 3.05) is 6.61 Å². The monoisotopic (exact) mass is 376 g/mol. The lowest BCUT2D eigenvalue weighted by Crippen LogP contribution is -2.54. The largest absolute Gasteiger partial charge is 0.458 e. The molecule has 0 aromatic heterocycles. The third kappa shape index (κ3) is 3.07. The molecule has 4 aliphatic rings. The van der Waals surface area contributed by atoms with Crippen molar-refractivity contribution in [3.63, 3.8) is 0 Å². The highest BCUT2D eigenvalue weighted by Crippen LogP contribution is 2.59. The number of esters is 1. The fourth-order valence-corrected chi connectivity index (χ4v) is 6.51. The Balaban J connectivity index is 1.55. The smallest absolute Gasteiger partial charge is 0.303 e. The second-order valence-corrected chi connectivity index (χ2v) is 8.85. The van der Waals surface area contributed by atoms with E-state index in [2.05, 4.69) is 0 Å². The first-order valence-corrected chi connectivity index (χ1v) is 10.1. The number of Topliss-reactive ketones (excluding diaryl/α,β-unsaturated/α-hetero) is 1. The first-order valence-electron chi connectivity index (χ1n) is 10.1. The van der Waals surface area contributed by atoms with Crippen molar-refractivity contribution in [1.29, 1.82) is 0 Å². The van der Waals surface area contributed by atoms with Crippen LogP contribution in [0.25, 0.3) is 0 Å². The van der Waals surface area contributed by atoms with Gasteiger partial charge >= 0.3 is 5.97 Å². The Hall–Kier alpha value is -1.53. The second kappa shape index (κ2) is 6.82. The summed E-state index contributed by atoms with van der Waals surface area (Å²) < 4.78 is 4.82. The van der Waals surface area contributed by atoms with Gasteiger partial charge in [-0.05, 0) is 68.3 Å². The molecule has 0 aliphatic heterocycles. The molecule has 0 heterocycles. The molecule has 6 heteroatoms. The van der Waals surface area contributed by atoms with Gasteiger partial charge < -0.3 is 14.9 Å². The number of hydrogen-bond donors (Lipinski definition) is 2. The third-order valence-electron chi connectivity index (χ3n) is 7.62. The van der Waals surface area contributed by atoms with Crippen molar-refractivity contribution < 1.29 is 29.3 Å². The minimum absolute atomic E-state index is 0.116. The van der Waals surface area contributed by atoms with Crippen LogP contribution in [0.4, 0.5) is 0 Å². The molecule has 2 N–H and O–H groups in total.